The summed E-state index contributed by atoms with van der Waals surface area (Å²) in [5, 5.41) is 3.67. The van der Waals surface area contributed by atoms with Crippen LogP contribution in [0.2, 0.25) is 0 Å². The monoisotopic (exact) mass is 287 g/mol. The lowest BCUT2D eigenvalue weighted by Gasteiger charge is -2.50. The van der Waals surface area contributed by atoms with Crippen molar-refractivity contribution in [3.8, 4) is 0 Å². The van der Waals surface area contributed by atoms with E-state index < -0.39 is 0 Å². The molecule has 21 heavy (non-hydrogen) atoms. The second kappa shape index (κ2) is 5.04. The molecule has 1 aliphatic heterocycles. The summed E-state index contributed by atoms with van der Waals surface area (Å²) in [6, 6.07) is 6.45. The number of methoxy groups -OCH3 is 1. The molecule has 3 nitrogen and oxygen atoms in total. The number of hydrogen-bond acceptors (Lipinski definition) is 3. The van der Waals surface area contributed by atoms with Gasteiger partial charge in [0.15, 0.2) is 0 Å². The highest BCUT2D eigenvalue weighted by atomic mass is 16.5. The number of fused-ring (bicyclic) bond motifs is 2. The van der Waals surface area contributed by atoms with Gasteiger partial charge in [0.25, 0.3) is 0 Å². The molecule has 1 aromatic rings. The Balaban J connectivity index is 2.09. The number of ether oxygens (including phenoxy) is 1. The largest absolute Gasteiger partial charge is 0.465 e. The minimum absolute atomic E-state index is 0.0927. The van der Waals surface area contributed by atoms with Crippen LogP contribution >= 0.6 is 0 Å². The van der Waals surface area contributed by atoms with Gasteiger partial charge in [0.2, 0.25) is 0 Å². The SMILES string of the molecule is COC(=O)c1cccc2c1N[C@@H]1C[C@H](C)CC[C@@H]1C2(C)C. The zero-order chi connectivity index (χ0) is 15.2. The number of carbonyl (C=O) groups excluding carboxylic acids is 1. The van der Waals surface area contributed by atoms with Crippen LogP contribution in [0.3, 0.4) is 0 Å². The van der Waals surface area contributed by atoms with E-state index in [9.17, 15) is 4.79 Å². The third-order valence-electron chi connectivity index (χ3n) is 5.53. The number of benzene rings is 1. The fraction of sp³-hybridized carbons (Fsp3) is 0.611. The lowest BCUT2D eigenvalue weighted by atomic mass is 9.61. The van der Waals surface area contributed by atoms with E-state index in [1.54, 1.807) is 0 Å². The Morgan fingerprint density at radius 3 is 2.81 bits per heavy atom. The predicted octanol–water partition coefficient (Wildman–Crippen LogP) is 3.98. The molecule has 0 saturated heterocycles. The number of hydrogen-bond donors (Lipinski definition) is 1. The van der Waals surface area contributed by atoms with E-state index in [0.717, 1.165) is 11.6 Å². The third kappa shape index (κ3) is 2.23. The van der Waals surface area contributed by atoms with Crippen LogP contribution in [0.25, 0.3) is 0 Å². The van der Waals surface area contributed by atoms with E-state index in [0.29, 0.717) is 17.5 Å². The number of para-hydroxylation sites is 1. The quantitative estimate of drug-likeness (QED) is 0.794. The average molecular weight is 287 g/mol. The predicted molar refractivity (Wildman–Crippen MR) is 84.7 cm³/mol. The Morgan fingerprint density at radius 1 is 1.33 bits per heavy atom. The van der Waals surface area contributed by atoms with Crippen LogP contribution in [0, 0.1) is 11.8 Å². The molecule has 1 heterocycles. The van der Waals surface area contributed by atoms with Gasteiger partial charge < -0.3 is 10.1 Å². The fourth-order valence-corrected chi connectivity index (χ4v) is 4.31. The van der Waals surface area contributed by atoms with Crippen LogP contribution in [0.15, 0.2) is 18.2 Å². The number of carbonyl (C=O) groups is 1. The fourth-order valence-electron chi connectivity index (χ4n) is 4.31. The van der Waals surface area contributed by atoms with Crippen LogP contribution in [-0.2, 0) is 10.2 Å². The molecule has 0 radical (unpaired) electrons. The summed E-state index contributed by atoms with van der Waals surface area (Å²) in [7, 11) is 1.45. The van der Waals surface area contributed by atoms with Crippen molar-refractivity contribution in [1.29, 1.82) is 0 Å². The van der Waals surface area contributed by atoms with Gasteiger partial charge in [-0.15, -0.1) is 0 Å². The molecule has 0 bridgehead atoms. The Bertz CT molecular complexity index is 564. The maximum atomic E-state index is 12.1. The summed E-state index contributed by atoms with van der Waals surface area (Å²) < 4.78 is 4.95. The number of esters is 1. The van der Waals surface area contributed by atoms with Gasteiger partial charge in [0, 0.05) is 6.04 Å². The summed E-state index contributed by atoms with van der Waals surface area (Å²) in [6.45, 7) is 6.97. The first-order valence-electron chi connectivity index (χ1n) is 7.93. The molecule has 114 valence electrons. The Hall–Kier alpha value is -1.51. The topological polar surface area (TPSA) is 38.3 Å². The summed E-state index contributed by atoms with van der Waals surface area (Å²) in [4.78, 5) is 12.1. The summed E-state index contributed by atoms with van der Waals surface area (Å²) in [5.74, 6) is 1.13. The molecule has 3 atom stereocenters. The second-order valence-corrected chi connectivity index (χ2v) is 7.22. The first-order valence-corrected chi connectivity index (χ1v) is 7.93. The molecule has 3 rings (SSSR count). The third-order valence-corrected chi connectivity index (χ3v) is 5.53. The molecule has 2 aliphatic rings. The Kier molecular flexibility index (Phi) is 3.46. The van der Waals surface area contributed by atoms with Crippen LogP contribution in [0.4, 0.5) is 5.69 Å². The molecule has 1 fully saturated rings. The van der Waals surface area contributed by atoms with Crippen LogP contribution in [0.1, 0.15) is 56.0 Å². The van der Waals surface area contributed by atoms with E-state index in [-0.39, 0.29) is 11.4 Å². The van der Waals surface area contributed by atoms with Gasteiger partial charge in [-0.25, -0.2) is 4.79 Å². The van der Waals surface area contributed by atoms with Gasteiger partial charge in [-0.1, -0.05) is 39.3 Å². The summed E-state index contributed by atoms with van der Waals surface area (Å²) in [5.41, 5.74) is 3.00. The van der Waals surface area contributed by atoms with Crippen molar-refractivity contribution < 1.29 is 9.53 Å². The molecule has 1 aromatic carbocycles. The Morgan fingerprint density at radius 2 is 2.10 bits per heavy atom. The van der Waals surface area contributed by atoms with Crippen molar-refractivity contribution in [2.24, 2.45) is 11.8 Å². The van der Waals surface area contributed by atoms with Crippen LogP contribution in [-0.4, -0.2) is 19.1 Å². The van der Waals surface area contributed by atoms with Crippen molar-refractivity contribution in [1.82, 2.24) is 0 Å². The molecule has 0 unspecified atom stereocenters. The van der Waals surface area contributed by atoms with Crippen molar-refractivity contribution >= 4 is 11.7 Å². The van der Waals surface area contributed by atoms with Crippen molar-refractivity contribution in [3.63, 3.8) is 0 Å². The van der Waals surface area contributed by atoms with E-state index in [1.165, 1.54) is 31.9 Å². The highest BCUT2D eigenvalue weighted by molar-refractivity contribution is 5.97. The molecule has 0 spiro atoms. The standard InChI is InChI=1S/C18H25NO2/c1-11-8-9-13-15(10-11)19-16-12(17(20)21-4)6-5-7-14(16)18(13,2)3/h5-7,11,13,15,19H,8-10H2,1-4H3/t11-,13+,15-/m1/s1. The highest BCUT2D eigenvalue weighted by Gasteiger charge is 2.45. The molecule has 1 aliphatic carbocycles. The first kappa shape index (κ1) is 14.4. The van der Waals surface area contributed by atoms with Crippen LogP contribution in [0.5, 0.6) is 0 Å². The molecule has 1 saturated carbocycles. The van der Waals surface area contributed by atoms with Crippen molar-refractivity contribution in [2.75, 3.05) is 12.4 Å². The van der Waals surface area contributed by atoms with Gasteiger partial charge in [-0.2, -0.15) is 0 Å². The molecule has 3 heteroatoms. The van der Waals surface area contributed by atoms with Crippen LogP contribution < -0.4 is 5.32 Å². The Labute approximate surface area is 127 Å². The van der Waals surface area contributed by atoms with E-state index in [2.05, 4.69) is 32.2 Å². The minimum atomic E-state index is -0.252. The van der Waals surface area contributed by atoms with Crippen molar-refractivity contribution in [3.05, 3.63) is 29.3 Å². The molecular formula is C18H25NO2. The van der Waals surface area contributed by atoms with Gasteiger partial charge >= 0.3 is 5.97 Å². The van der Waals surface area contributed by atoms with Gasteiger partial charge in [0.1, 0.15) is 0 Å². The normalized spacial score (nSPS) is 29.8. The summed E-state index contributed by atoms with van der Waals surface area (Å²) in [6.07, 6.45) is 3.75. The summed E-state index contributed by atoms with van der Waals surface area (Å²) >= 11 is 0. The van der Waals surface area contributed by atoms with Gasteiger partial charge in [0.05, 0.1) is 18.4 Å². The molecule has 0 amide bonds. The smallest absolute Gasteiger partial charge is 0.339 e. The number of nitrogens with one attached hydrogen (secondary N) is 1. The molecule has 1 N–H and O–H groups in total. The van der Waals surface area contributed by atoms with E-state index in [4.69, 9.17) is 4.74 Å². The van der Waals surface area contributed by atoms with Gasteiger partial charge in [-0.05, 0) is 41.7 Å². The number of rotatable bonds is 1. The first-order chi connectivity index (χ1) is 9.95. The van der Waals surface area contributed by atoms with E-state index in [1.807, 2.05) is 12.1 Å². The molecular weight excluding hydrogens is 262 g/mol. The van der Waals surface area contributed by atoms with Gasteiger partial charge in [-0.3, -0.25) is 0 Å². The zero-order valence-electron chi connectivity index (χ0n) is 13.4. The minimum Gasteiger partial charge on any atom is -0.465 e. The maximum absolute atomic E-state index is 12.1. The lowest BCUT2D eigenvalue weighted by molar-refractivity contribution is 0.0601. The number of anilines is 1. The zero-order valence-corrected chi connectivity index (χ0v) is 13.4. The van der Waals surface area contributed by atoms with Crippen molar-refractivity contribution in [2.45, 2.75) is 51.5 Å². The highest BCUT2D eigenvalue weighted by Crippen LogP contribution is 2.49. The lowest BCUT2D eigenvalue weighted by Crippen LogP contribution is -2.49. The maximum Gasteiger partial charge on any atom is 0.339 e. The second-order valence-electron chi connectivity index (χ2n) is 7.22. The molecule has 0 aromatic heterocycles. The van der Waals surface area contributed by atoms with E-state index >= 15 is 0 Å². The average Bonchev–Trinajstić information content (AvgIpc) is 2.45.